The summed E-state index contributed by atoms with van der Waals surface area (Å²) in [6.07, 6.45) is 5.34. The van der Waals surface area contributed by atoms with Crippen LogP contribution in [0.5, 0.6) is 0 Å². The Kier molecular flexibility index (Phi) is 18.3. The number of hydrogen-bond donors (Lipinski definition) is 1. The van der Waals surface area contributed by atoms with Gasteiger partial charge < -0.3 is 29.1 Å². The third-order valence-corrected chi connectivity index (χ3v) is 5.69. The van der Waals surface area contributed by atoms with E-state index in [1.807, 2.05) is 0 Å². The monoisotopic (exact) mass is 528 g/mol. The third kappa shape index (κ3) is 15.5. The molecule has 1 rings (SSSR count). The van der Waals surface area contributed by atoms with Gasteiger partial charge in [0, 0.05) is 53.1 Å². The molecule has 212 valence electrons. The second-order valence-corrected chi connectivity index (χ2v) is 8.84. The lowest BCUT2D eigenvalue weighted by Gasteiger charge is -2.21. The Hall–Kier alpha value is -2.34. The van der Waals surface area contributed by atoms with Crippen LogP contribution in [0.3, 0.4) is 0 Å². The molecule has 1 saturated heterocycles. The average molecular weight is 529 g/mol. The van der Waals surface area contributed by atoms with E-state index < -0.39 is 12.0 Å². The van der Waals surface area contributed by atoms with Crippen LogP contribution < -0.4 is 5.32 Å². The molecule has 0 aromatic rings. The first-order valence-electron chi connectivity index (χ1n) is 13.1. The molecule has 0 aromatic carbocycles. The fourth-order valence-electron chi connectivity index (χ4n) is 3.58. The lowest BCUT2D eigenvalue weighted by Crippen LogP contribution is -2.44. The summed E-state index contributed by atoms with van der Waals surface area (Å²) in [5.41, 5.74) is 0.416. The summed E-state index contributed by atoms with van der Waals surface area (Å²) < 4.78 is 20.5. The first kappa shape index (κ1) is 32.7. The minimum absolute atomic E-state index is 0.179. The molecular weight excluding hydrogens is 484 g/mol. The van der Waals surface area contributed by atoms with Gasteiger partial charge in [0.15, 0.2) is 0 Å². The summed E-state index contributed by atoms with van der Waals surface area (Å²) >= 11 is 0. The van der Waals surface area contributed by atoms with Gasteiger partial charge in [0.25, 0.3) is 5.91 Å². The highest BCUT2D eigenvalue weighted by atomic mass is 16.7. The van der Waals surface area contributed by atoms with Gasteiger partial charge in [-0.25, -0.2) is 4.79 Å². The minimum atomic E-state index is -0.900. The maximum Gasteiger partial charge on any atom is 0.355 e. The molecule has 11 nitrogen and oxygen atoms in total. The molecule has 0 aliphatic carbocycles. The summed E-state index contributed by atoms with van der Waals surface area (Å²) in [6.45, 7) is 6.67. The van der Waals surface area contributed by atoms with Gasteiger partial charge in [0.2, 0.25) is 5.91 Å². The first-order valence-corrected chi connectivity index (χ1v) is 13.1. The predicted octanol–water partition coefficient (Wildman–Crippen LogP) is 2.47. The van der Waals surface area contributed by atoms with Crippen LogP contribution in [-0.4, -0.2) is 88.5 Å². The molecule has 1 aliphatic rings. The molecule has 1 N–H and O–H groups in total. The number of amides is 2. The van der Waals surface area contributed by atoms with Crippen LogP contribution in [0.4, 0.5) is 0 Å². The van der Waals surface area contributed by atoms with Crippen molar-refractivity contribution < 1.29 is 43.0 Å². The molecule has 2 amide bonds. The number of carbonyl (C=O) groups is 4. The van der Waals surface area contributed by atoms with Crippen molar-refractivity contribution >= 4 is 23.6 Å². The number of carbonyl (C=O) groups excluding carboxylic acids is 4. The largest absolute Gasteiger partial charge is 0.382 e. The van der Waals surface area contributed by atoms with Crippen molar-refractivity contribution in [1.29, 1.82) is 0 Å². The molecule has 1 fully saturated rings. The topological polar surface area (TPSA) is 130 Å². The molecule has 1 heterocycles. The lowest BCUT2D eigenvalue weighted by molar-refractivity contribution is -0.189. The van der Waals surface area contributed by atoms with E-state index in [2.05, 4.69) is 11.9 Å². The average Bonchev–Trinajstić information content (AvgIpc) is 3.19. The van der Waals surface area contributed by atoms with E-state index in [-0.39, 0.29) is 30.4 Å². The highest BCUT2D eigenvalue weighted by Gasteiger charge is 2.31. The van der Waals surface area contributed by atoms with Crippen molar-refractivity contribution in [2.24, 2.45) is 0 Å². The Morgan fingerprint density at radius 2 is 1.46 bits per heavy atom. The van der Waals surface area contributed by atoms with Crippen molar-refractivity contribution in [2.45, 2.75) is 76.7 Å². The van der Waals surface area contributed by atoms with Crippen LogP contribution in [0.2, 0.25) is 0 Å². The van der Waals surface area contributed by atoms with Gasteiger partial charge in [0.05, 0.1) is 32.1 Å². The number of ketones is 1. The van der Waals surface area contributed by atoms with Gasteiger partial charge in [-0.15, -0.1) is 5.06 Å². The molecule has 11 heteroatoms. The van der Waals surface area contributed by atoms with E-state index in [1.54, 1.807) is 14.2 Å². The van der Waals surface area contributed by atoms with E-state index in [9.17, 15) is 19.2 Å². The zero-order valence-corrected chi connectivity index (χ0v) is 22.4. The van der Waals surface area contributed by atoms with Crippen molar-refractivity contribution in [2.75, 3.05) is 53.9 Å². The normalized spacial score (nSPS) is 14.2. The van der Waals surface area contributed by atoms with E-state index in [0.29, 0.717) is 96.7 Å². The number of hydrogen-bond acceptors (Lipinski definition) is 9. The summed E-state index contributed by atoms with van der Waals surface area (Å²) in [7, 11) is 3.20. The molecule has 1 unspecified atom stereocenters. The van der Waals surface area contributed by atoms with Gasteiger partial charge in [0.1, 0.15) is 11.8 Å². The second kappa shape index (κ2) is 20.7. The van der Waals surface area contributed by atoms with E-state index >= 15 is 0 Å². The molecule has 0 spiro atoms. The number of nitrogens with zero attached hydrogens (tertiary/aromatic N) is 1. The van der Waals surface area contributed by atoms with Gasteiger partial charge >= 0.3 is 5.97 Å². The van der Waals surface area contributed by atoms with Crippen LogP contribution in [0, 0.1) is 0 Å². The molecule has 37 heavy (non-hydrogen) atoms. The Morgan fingerprint density at radius 3 is 2.05 bits per heavy atom. The number of nitrogens with one attached hydrogen (secondary N) is 1. The summed E-state index contributed by atoms with van der Waals surface area (Å²) in [4.78, 5) is 54.4. The molecule has 1 atom stereocenters. The fraction of sp³-hybridized carbons (Fsp3) is 0.769. The summed E-state index contributed by atoms with van der Waals surface area (Å²) in [6, 6.07) is -0.900. The van der Waals surface area contributed by atoms with Crippen molar-refractivity contribution in [1.82, 2.24) is 10.4 Å². The van der Waals surface area contributed by atoms with E-state index in [0.717, 1.165) is 11.5 Å². The number of hydroxylamine groups is 2. The number of ether oxygens (including phenoxy) is 4. The molecule has 0 bridgehead atoms. The van der Waals surface area contributed by atoms with Crippen LogP contribution in [0.1, 0.15) is 70.6 Å². The molecule has 0 aromatic heterocycles. The SMILES string of the molecule is C=C1CCC(=O)N1OC(=O)C(CCCCCC(=O)CCCOCCOC)NC(=O)CCCOCCOC. The van der Waals surface area contributed by atoms with E-state index in [1.165, 1.54) is 0 Å². The van der Waals surface area contributed by atoms with Crippen molar-refractivity contribution in [3.05, 3.63) is 12.3 Å². The van der Waals surface area contributed by atoms with E-state index in [4.69, 9.17) is 23.8 Å². The van der Waals surface area contributed by atoms with Crippen LogP contribution in [0.25, 0.3) is 0 Å². The predicted molar refractivity (Wildman–Crippen MR) is 135 cm³/mol. The molecular formula is C26H44N2O9. The van der Waals surface area contributed by atoms with Gasteiger partial charge in [-0.3, -0.25) is 14.4 Å². The number of Topliss-reactive ketones (excluding diaryl/α,β-unsaturated/α-hetero) is 1. The molecule has 0 saturated carbocycles. The highest BCUT2D eigenvalue weighted by molar-refractivity contribution is 5.86. The first-order chi connectivity index (χ1) is 17.9. The third-order valence-electron chi connectivity index (χ3n) is 5.69. The standard InChI is InChI=1S/C26H44N2O9/c1-21-13-14-25(31)28(21)37-26(32)23(27-24(30)12-8-16-36-20-18-34-3)11-6-4-5-9-22(29)10-7-15-35-19-17-33-2/h23H,1,4-20H2,2-3H3,(H,27,30). The molecule has 1 aliphatic heterocycles. The zero-order chi connectivity index (χ0) is 27.3. The summed E-state index contributed by atoms with van der Waals surface area (Å²) in [5, 5.41) is 3.64. The summed E-state index contributed by atoms with van der Waals surface area (Å²) in [5.74, 6) is -1.16. The van der Waals surface area contributed by atoms with Crippen LogP contribution in [0.15, 0.2) is 12.3 Å². The minimum Gasteiger partial charge on any atom is -0.382 e. The van der Waals surface area contributed by atoms with Crippen LogP contribution in [-0.2, 0) is 43.0 Å². The van der Waals surface area contributed by atoms with Gasteiger partial charge in [-0.1, -0.05) is 19.4 Å². The maximum atomic E-state index is 12.8. The smallest absolute Gasteiger partial charge is 0.355 e. The molecule has 0 radical (unpaired) electrons. The van der Waals surface area contributed by atoms with Crippen molar-refractivity contribution in [3.8, 4) is 0 Å². The Balaban J connectivity index is 2.40. The number of unbranched alkanes of at least 4 members (excludes halogenated alkanes) is 2. The zero-order valence-electron chi connectivity index (χ0n) is 22.4. The quantitative estimate of drug-likeness (QED) is 0.199. The second-order valence-electron chi connectivity index (χ2n) is 8.84. The number of rotatable bonds is 23. The van der Waals surface area contributed by atoms with Crippen molar-refractivity contribution in [3.63, 3.8) is 0 Å². The maximum absolute atomic E-state index is 12.8. The Morgan fingerprint density at radius 1 is 0.838 bits per heavy atom. The lowest BCUT2D eigenvalue weighted by atomic mass is 10.0. The fourth-order valence-corrected chi connectivity index (χ4v) is 3.58. The number of methoxy groups -OCH3 is 2. The number of allylic oxidation sites excluding steroid dienone is 1. The van der Waals surface area contributed by atoms with Gasteiger partial charge in [-0.05, 0) is 32.1 Å². The Bertz CT molecular complexity index is 698. The highest BCUT2D eigenvalue weighted by Crippen LogP contribution is 2.21. The van der Waals surface area contributed by atoms with Crippen LogP contribution >= 0.6 is 0 Å². The van der Waals surface area contributed by atoms with Gasteiger partial charge in [-0.2, -0.15) is 0 Å². The Labute approximate surface area is 220 Å².